The highest BCUT2D eigenvalue weighted by Gasteiger charge is 2.02. The van der Waals surface area contributed by atoms with Crippen molar-refractivity contribution >= 4 is 22.9 Å². The summed E-state index contributed by atoms with van der Waals surface area (Å²) in [5.41, 5.74) is 3.08. The van der Waals surface area contributed by atoms with Crippen LogP contribution in [-0.2, 0) is 9.53 Å². The molecule has 0 aliphatic heterocycles. The molecule has 2 aromatic rings. The van der Waals surface area contributed by atoms with Gasteiger partial charge in [-0.3, -0.25) is 4.98 Å². The molecule has 0 fully saturated rings. The van der Waals surface area contributed by atoms with Crippen LogP contribution in [0.15, 0.2) is 36.5 Å². The number of hydrogen-bond donors (Lipinski definition) is 0. The number of carbonyl (C=O) groups excluding carboxylic acids is 1. The highest BCUT2D eigenvalue weighted by Crippen LogP contribution is 2.20. The van der Waals surface area contributed by atoms with Crippen LogP contribution in [0.2, 0.25) is 0 Å². The Balaban J connectivity index is 2.35. The minimum Gasteiger partial charge on any atom is -0.463 e. The summed E-state index contributed by atoms with van der Waals surface area (Å²) in [5, 5.41) is 1.10. The molecule has 1 aromatic carbocycles. The lowest BCUT2D eigenvalue weighted by atomic mass is 10.0. The normalized spacial score (nSPS) is 11.0. The Bertz CT molecular complexity index is 602. The van der Waals surface area contributed by atoms with E-state index in [1.54, 1.807) is 19.2 Å². The molecule has 0 saturated carbocycles. The van der Waals surface area contributed by atoms with Crippen LogP contribution >= 0.6 is 0 Å². The van der Waals surface area contributed by atoms with E-state index < -0.39 is 0 Å². The van der Waals surface area contributed by atoms with Gasteiger partial charge < -0.3 is 4.74 Å². The average molecular weight is 241 g/mol. The van der Waals surface area contributed by atoms with Gasteiger partial charge in [0.1, 0.15) is 0 Å². The minimum absolute atomic E-state index is 0.316. The van der Waals surface area contributed by atoms with E-state index in [4.69, 9.17) is 4.74 Å². The first-order valence-corrected chi connectivity index (χ1v) is 5.91. The van der Waals surface area contributed by atoms with Gasteiger partial charge in [-0.15, -0.1) is 0 Å². The molecular formula is C15H15NO2. The van der Waals surface area contributed by atoms with Crippen molar-refractivity contribution in [2.45, 2.75) is 13.8 Å². The fourth-order valence-electron chi connectivity index (χ4n) is 1.85. The van der Waals surface area contributed by atoms with E-state index in [1.165, 1.54) is 6.08 Å². The minimum atomic E-state index is -0.316. The van der Waals surface area contributed by atoms with E-state index in [0.29, 0.717) is 6.61 Å². The number of rotatable bonds is 3. The van der Waals surface area contributed by atoms with Crippen molar-refractivity contribution in [3.8, 4) is 0 Å². The van der Waals surface area contributed by atoms with Crippen LogP contribution in [-0.4, -0.2) is 17.6 Å². The SMILES string of the molecule is CCOC(=O)/C=C/c1ccc2ncccc2c1C. The highest BCUT2D eigenvalue weighted by molar-refractivity contribution is 5.90. The number of carbonyl (C=O) groups is 1. The van der Waals surface area contributed by atoms with Crippen LogP contribution in [0.4, 0.5) is 0 Å². The molecule has 1 aromatic heterocycles. The predicted octanol–water partition coefficient (Wildman–Crippen LogP) is 3.12. The Morgan fingerprint density at radius 3 is 3.00 bits per heavy atom. The summed E-state index contributed by atoms with van der Waals surface area (Å²) in [7, 11) is 0. The van der Waals surface area contributed by atoms with Crippen LogP contribution in [0, 0.1) is 6.92 Å². The van der Waals surface area contributed by atoms with E-state index in [1.807, 2.05) is 31.2 Å². The number of esters is 1. The maximum atomic E-state index is 11.3. The van der Waals surface area contributed by atoms with Crippen molar-refractivity contribution < 1.29 is 9.53 Å². The Hall–Kier alpha value is -2.16. The number of pyridine rings is 1. The van der Waals surface area contributed by atoms with Crippen LogP contribution < -0.4 is 0 Å². The van der Waals surface area contributed by atoms with Crippen molar-refractivity contribution in [3.63, 3.8) is 0 Å². The fraction of sp³-hybridized carbons (Fsp3) is 0.200. The second kappa shape index (κ2) is 5.45. The van der Waals surface area contributed by atoms with Crippen LogP contribution in [0.3, 0.4) is 0 Å². The van der Waals surface area contributed by atoms with E-state index >= 15 is 0 Å². The van der Waals surface area contributed by atoms with Gasteiger partial charge in [0.05, 0.1) is 12.1 Å². The Morgan fingerprint density at radius 1 is 1.39 bits per heavy atom. The summed E-state index contributed by atoms with van der Waals surface area (Å²) in [4.78, 5) is 15.6. The van der Waals surface area contributed by atoms with Gasteiger partial charge in [-0.05, 0) is 43.2 Å². The van der Waals surface area contributed by atoms with Gasteiger partial charge in [-0.2, -0.15) is 0 Å². The molecule has 0 amide bonds. The lowest BCUT2D eigenvalue weighted by Gasteiger charge is -2.05. The molecule has 3 nitrogen and oxygen atoms in total. The van der Waals surface area contributed by atoms with Crippen molar-refractivity contribution in [1.29, 1.82) is 0 Å². The van der Waals surface area contributed by atoms with Gasteiger partial charge in [0.2, 0.25) is 0 Å². The van der Waals surface area contributed by atoms with Gasteiger partial charge in [-0.1, -0.05) is 12.1 Å². The van der Waals surface area contributed by atoms with E-state index in [9.17, 15) is 4.79 Å². The smallest absolute Gasteiger partial charge is 0.330 e. The largest absolute Gasteiger partial charge is 0.463 e. The molecule has 0 aliphatic rings. The first kappa shape index (κ1) is 12.3. The number of aryl methyl sites for hydroxylation is 1. The number of ether oxygens (including phenoxy) is 1. The summed E-state index contributed by atoms with van der Waals surface area (Å²) in [6, 6.07) is 7.85. The molecule has 0 spiro atoms. The van der Waals surface area contributed by atoms with E-state index in [-0.39, 0.29) is 5.97 Å². The molecule has 2 rings (SSSR count). The van der Waals surface area contributed by atoms with Crippen molar-refractivity contribution in [3.05, 3.63) is 47.7 Å². The molecule has 0 radical (unpaired) electrons. The Labute approximate surface area is 106 Å². The molecule has 92 valence electrons. The lowest BCUT2D eigenvalue weighted by Crippen LogP contribution is -1.98. The second-order valence-electron chi connectivity index (χ2n) is 3.94. The monoisotopic (exact) mass is 241 g/mol. The highest BCUT2D eigenvalue weighted by atomic mass is 16.5. The van der Waals surface area contributed by atoms with Crippen LogP contribution in [0.5, 0.6) is 0 Å². The molecule has 0 bridgehead atoms. The van der Waals surface area contributed by atoms with Gasteiger partial charge in [0.25, 0.3) is 0 Å². The maximum Gasteiger partial charge on any atom is 0.330 e. The molecule has 0 N–H and O–H groups in total. The molecule has 0 aliphatic carbocycles. The molecular weight excluding hydrogens is 226 g/mol. The quantitative estimate of drug-likeness (QED) is 0.612. The standard InChI is InChI=1S/C15H15NO2/c1-3-18-15(17)9-7-12-6-8-14-13(11(12)2)5-4-10-16-14/h4-10H,3H2,1-2H3/b9-7+. The summed E-state index contributed by atoms with van der Waals surface area (Å²) < 4.78 is 4.85. The van der Waals surface area contributed by atoms with Gasteiger partial charge in [0.15, 0.2) is 0 Å². The summed E-state index contributed by atoms with van der Waals surface area (Å²) >= 11 is 0. The first-order valence-electron chi connectivity index (χ1n) is 5.91. The third-order valence-corrected chi connectivity index (χ3v) is 2.78. The summed E-state index contributed by atoms with van der Waals surface area (Å²) in [6.07, 6.45) is 5.00. The first-order chi connectivity index (χ1) is 8.72. The van der Waals surface area contributed by atoms with E-state index in [0.717, 1.165) is 22.0 Å². The van der Waals surface area contributed by atoms with Gasteiger partial charge in [-0.25, -0.2) is 4.79 Å². The molecule has 0 atom stereocenters. The summed E-state index contributed by atoms with van der Waals surface area (Å²) in [6.45, 7) is 4.21. The molecule has 1 heterocycles. The third-order valence-electron chi connectivity index (χ3n) is 2.78. The zero-order valence-electron chi connectivity index (χ0n) is 10.5. The molecule has 18 heavy (non-hydrogen) atoms. The topological polar surface area (TPSA) is 39.2 Å². The lowest BCUT2D eigenvalue weighted by molar-refractivity contribution is -0.137. The summed E-state index contributed by atoms with van der Waals surface area (Å²) in [5.74, 6) is -0.316. The number of fused-ring (bicyclic) bond motifs is 1. The van der Waals surface area contributed by atoms with E-state index in [2.05, 4.69) is 4.98 Å². The molecule has 0 unspecified atom stereocenters. The number of aromatic nitrogens is 1. The average Bonchev–Trinajstić information content (AvgIpc) is 2.39. The van der Waals surface area contributed by atoms with Gasteiger partial charge in [0, 0.05) is 17.7 Å². The molecule has 0 saturated heterocycles. The van der Waals surface area contributed by atoms with Crippen molar-refractivity contribution in [2.75, 3.05) is 6.61 Å². The van der Waals surface area contributed by atoms with Crippen LogP contribution in [0.25, 0.3) is 17.0 Å². The number of benzene rings is 1. The maximum absolute atomic E-state index is 11.3. The predicted molar refractivity (Wildman–Crippen MR) is 72.1 cm³/mol. The number of hydrogen-bond acceptors (Lipinski definition) is 3. The number of nitrogens with zero attached hydrogens (tertiary/aromatic N) is 1. The third kappa shape index (κ3) is 2.56. The van der Waals surface area contributed by atoms with Crippen LogP contribution in [0.1, 0.15) is 18.1 Å². The second-order valence-corrected chi connectivity index (χ2v) is 3.94. The van der Waals surface area contributed by atoms with Gasteiger partial charge >= 0.3 is 5.97 Å². The van der Waals surface area contributed by atoms with Crippen molar-refractivity contribution in [1.82, 2.24) is 4.98 Å². The zero-order valence-corrected chi connectivity index (χ0v) is 10.5. The zero-order chi connectivity index (χ0) is 13.0. The fourth-order valence-corrected chi connectivity index (χ4v) is 1.85. The van der Waals surface area contributed by atoms with Crippen molar-refractivity contribution in [2.24, 2.45) is 0 Å². The Kier molecular flexibility index (Phi) is 3.72. The molecule has 3 heteroatoms. The Morgan fingerprint density at radius 2 is 2.22 bits per heavy atom.